The van der Waals surface area contributed by atoms with Gasteiger partial charge >= 0.3 is 0 Å². The fourth-order valence-corrected chi connectivity index (χ4v) is 2.50. The number of piperazine rings is 1. The van der Waals surface area contributed by atoms with Gasteiger partial charge in [-0.1, -0.05) is 27.2 Å². The van der Waals surface area contributed by atoms with E-state index in [4.69, 9.17) is 0 Å². The Morgan fingerprint density at radius 1 is 1.47 bits per heavy atom. The molecule has 0 saturated carbocycles. The average Bonchev–Trinajstić information content (AvgIpc) is 2.32. The molecule has 5 heteroatoms. The Hall–Kier alpha value is -0.710. The van der Waals surface area contributed by atoms with Gasteiger partial charge in [0.15, 0.2) is 0 Å². The van der Waals surface area contributed by atoms with Crippen molar-refractivity contribution in [2.45, 2.75) is 33.2 Å². The van der Waals surface area contributed by atoms with Gasteiger partial charge in [0.2, 0.25) is 11.8 Å². The van der Waals surface area contributed by atoms with Crippen molar-refractivity contribution >= 4 is 23.6 Å². The van der Waals surface area contributed by atoms with Crippen molar-refractivity contribution in [3.8, 4) is 0 Å². The average molecular weight is 258 g/mol. The Morgan fingerprint density at radius 2 is 2.18 bits per heavy atom. The second-order valence-corrected chi connectivity index (χ2v) is 5.78. The fraction of sp³-hybridized carbons (Fsp3) is 0.833. The summed E-state index contributed by atoms with van der Waals surface area (Å²) < 4.78 is 0. The maximum Gasteiger partial charge on any atom is 0.245 e. The van der Waals surface area contributed by atoms with Gasteiger partial charge in [-0.3, -0.25) is 9.59 Å². The third-order valence-corrected chi connectivity index (χ3v) is 4.03. The van der Waals surface area contributed by atoms with Crippen LogP contribution in [0, 0.1) is 5.92 Å². The Morgan fingerprint density at radius 3 is 2.76 bits per heavy atom. The number of amides is 2. The normalized spacial score (nSPS) is 22.5. The third-order valence-electron chi connectivity index (χ3n) is 3.15. The van der Waals surface area contributed by atoms with Crippen LogP contribution in [0.25, 0.3) is 0 Å². The molecule has 17 heavy (non-hydrogen) atoms. The Kier molecular flexibility index (Phi) is 5.82. The zero-order chi connectivity index (χ0) is 12.8. The van der Waals surface area contributed by atoms with E-state index in [-0.39, 0.29) is 30.3 Å². The molecule has 0 radical (unpaired) electrons. The van der Waals surface area contributed by atoms with E-state index in [0.717, 1.165) is 17.9 Å². The predicted molar refractivity (Wildman–Crippen MR) is 71.0 cm³/mol. The number of carbonyl (C=O) groups excluding carboxylic acids is 2. The predicted octanol–water partition coefficient (Wildman–Crippen LogP) is 1.11. The van der Waals surface area contributed by atoms with Gasteiger partial charge in [0.25, 0.3) is 0 Å². The van der Waals surface area contributed by atoms with Crippen LogP contribution in [0.1, 0.15) is 27.2 Å². The third kappa shape index (κ3) is 3.91. The first-order valence-electron chi connectivity index (χ1n) is 6.26. The highest BCUT2D eigenvalue weighted by Crippen LogP contribution is 2.14. The van der Waals surface area contributed by atoms with Crippen LogP contribution >= 0.6 is 11.8 Å². The summed E-state index contributed by atoms with van der Waals surface area (Å²) in [5.41, 5.74) is 0. The van der Waals surface area contributed by atoms with Gasteiger partial charge < -0.3 is 10.2 Å². The lowest BCUT2D eigenvalue weighted by molar-refractivity contribution is -0.145. The molecule has 4 nitrogen and oxygen atoms in total. The molecule has 2 atom stereocenters. The Balaban J connectivity index is 2.58. The first-order valence-corrected chi connectivity index (χ1v) is 7.41. The number of carbonyl (C=O) groups is 2. The quantitative estimate of drug-likeness (QED) is 0.726. The van der Waals surface area contributed by atoms with Crippen LogP contribution < -0.4 is 5.32 Å². The molecule has 1 saturated heterocycles. The molecule has 2 unspecified atom stereocenters. The van der Waals surface area contributed by atoms with Gasteiger partial charge in [0.1, 0.15) is 6.04 Å². The molecule has 0 bridgehead atoms. The molecule has 0 aliphatic carbocycles. The van der Waals surface area contributed by atoms with Crippen LogP contribution in [0.5, 0.6) is 0 Å². The van der Waals surface area contributed by atoms with E-state index in [1.54, 1.807) is 16.7 Å². The molecular formula is C12H22N2O2S. The van der Waals surface area contributed by atoms with Gasteiger partial charge in [0.05, 0.1) is 6.54 Å². The monoisotopic (exact) mass is 258 g/mol. The minimum absolute atomic E-state index is 0.0311. The summed E-state index contributed by atoms with van der Waals surface area (Å²) in [5.74, 6) is 2.20. The smallest absolute Gasteiger partial charge is 0.245 e. The lowest BCUT2D eigenvalue weighted by Gasteiger charge is -2.35. The maximum absolute atomic E-state index is 12.2. The lowest BCUT2D eigenvalue weighted by atomic mass is 9.96. The van der Waals surface area contributed by atoms with E-state index in [2.05, 4.69) is 12.2 Å². The highest BCUT2D eigenvalue weighted by molar-refractivity contribution is 7.99. The van der Waals surface area contributed by atoms with Crippen LogP contribution in [-0.2, 0) is 9.59 Å². The standard InChI is InChI=1S/C12H22N2O2S/c1-4-9(3)11-12(16)14(6-7-17-5-2)8-10(15)13-11/h9,11H,4-8H2,1-3H3,(H,13,15). The molecule has 1 aliphatic heterocycles. The molecule has 0 aromatic heterocycles. The van der Waals surface area contributed by atoms with Gasteiger partial charge in [0, 0.05) is 12.3 Å². The number of rotatable bonds is 6. The molecule has 1 N–H and O–H groups in total. The number of nitrogens with zero attached hydrogens (tertiary/aromatic N) is 1. The zero-order valence-corrected chi connectivity index (χ0v) is 11.7. The highest BCUT2D eigenvalue weighted by atomic mass is 32.2. The number of hydrogen-bond donors (Lipinski definition) is 1. The molecule has 1 heterocycles. The van der Waals surface area contributed by atoms with E-state index in [0.29, 0.717) is 6.54 Å². The second-order valence-electron chi connectivity index (χ2n) is 4.39. The molecule has 0 spiro atoms. The van der Waals surface area contributed by atoms with Crippen molar-refractivity contribution in [2.24, 2.45) is 5.92 Å². The van der Waals surface area contributed by atoms with Gasteiger partial charge in [-0.2, -0.15) is 11.8 Å². The summed E-state index contributed by atoms with van der Waals surface area (Å²) in [6.07, 6.45) is 0.897. The Labute approximate surface area is 108 Å². The van der Waals surface area contributed by atoms with Gasteiger partial charge in [-0.05, 0) is 11.7 Å². The molecule has 1 aliphatic rings. The van der Waals surface area contributed by atoms with Crippen molar-refractivity contribution in [1.82, 2.24) is 10.2 Å². The van der Waals surface area contributed by atoms with Crippen LogP contribution in [0.2, 0.25) is 0 Å². The molecule has 0 aromatic rings. The highest BCUT2D eigenvalue weighted by Gasteiger charge is 2.34. The molecular weight excluding hydrogens is 236 g/mol. The first kappa shape index (κ1) is 14.4. The molecule has 1 rings (SSSR count). The summed E-state index contributed by atoms with van der Waals surface area (Å²) in [7, 11) is 0. The number of hydrogen-bond acceptors (Lipinski definition) is 3. The topological polar surface area (TPSA) is 49.4 Å². The van der Waals surface area contributed by atoms with Gasteiger partial charge in [-0.25, -0.2) is 0 Å². The van der Waals surface area contributed by atoms with E-state index in [1.807, 2.05) is 13.8 Å². The number of nitrogens with one attached hydrogen (secondary N) is 1. The summed E-state index contributed by atoms with van der Waals surface area (Å²) in [4.78, 5) is 25.4. The zero-order valence-electron chi connectivity index (χ0n) is 10.9. The van der Waals surface area contributed by atoms with Crippen molar-refractivity contribution in [2.75, 3.05) is 24.6 Å². The van der Waals surface area contributed by atoms with Crippen molar-refractivity contribution in [1.29, 1.82) is 0 Å². The minimum Gasteiger partial charge on any atom is -0.342 e. The summed E-state index contributed by atoms with van der Waals surface area (Å²) in [6, 6.07) is -0.326. The minimum atomic E-state index is -0.326. The first-order chi connectivity index (χ1) is 8.10. The molecule has 98 valence electrons. The lowest BCUT2D eigenvalue weighted by Crippen LogP contribution is -2.60. The molecule has 1 fully saturated rings. The SMILES string of the molecule is CCSCCN1CC(=O)NC(C(C)CC)C1=O. The van der Waals surface area contributed by atoms with E-state index < -0.39 is 0 Å². The van der Waals surface area contributed by atoms with Crippen LogP contribution in [0.3, 0.4) is 0 Å². The van der Waals surface area contributed by atoms with Crippen LogP contribution in [0.15, 0.2) is 0 Å². The summed E-state index contributed by atoms with van der Waals surface area (Å²) in [5, 5.41) is 2.80. The summed E-state index contributed by atoms with van der Waals surface area (Å²) in [6.45, 7) is 7.04. The molecule has 2 amide bonds. The van der Waals surface area contributed by atoms with Crippen LogP contribution in [0.4, 0.5) is 0 Å². The fourth-order valence-electron chi connectivity index (χ4n) is 1.86. The maximum atomic E-state index is 12.2. The van der Waals surface area contributed by atoms with E-state index in [9.17, 15) is 9.59 Å². The van der Waals surface area contributed by atoms with Crippen molar-refractivity contribution in [3.05, 3.63) is 0 Å². The summed E-state index contributed by atoms with van der Waals surface area (Å²) >= 11 is 1.79. The Bertz CT molecular complexity index is 284. The second kappa shape index (κ2) is 6.89. The van der Waals surface area contributed by atoms with Crippen molar-refractivity contribution in [3.63, 3.8) is 0 Å². The molecule has 0 aromatic carbocycles. The van der Waals surface area contributed by atoms with Gasteiger partial charge in [-0.15, -0.1) is 0 Å². The van der Waals surface area contributed by atoms with Crippen LogP contribution in [-0.4, -0.2) is 47.4 Å². The van der Waals surface area contributed by atoms with Crippen molar-refractivity contribution < 1.29 is 9.59 Å². The van der Waals surface area contributed by atoms with E-state index in [1.165, 1.54) is 0 Å². The number of thioether (sulfide) groups is 1. The largest absolute Gasteiger partial charge is 0.342 e. The van der Waals surface area contributed by atoms with E-state index >= 15 is 0 Å².